The molecule has 1 unspecified atom stereocenters. The summed E-state index contributed by atoms with van der Waals surface area (Å²) in [6.07, 6.45) is 6.96. The van der Waals surface area contributed by atoms with Gasteiger partial charge in [-0.2, -0.15) is 0 Å². The molecule has 10 heteroatoms. The molecule has 3 N–H and O–H groups in total. The van der Waals surface area contributed by atoms with Crippen LogP contribution in [0.3, 0.4) is 0 Å². The maximum atomic E-state index is 12.9. The summed E-state index contributed by atoms with van der Waals surface area (Å²) in [5, 5.41) is 4.87. The average Bonchev–Trinajstić information content (AvgIpc) is 3.36. The zero-order valence-electron chi connectivity index (χ0n) is 19.3. The number of carbonyl (C=O) groups excluding carboxylic acids is 2. The van der Waals surface area contributed by atoms with E-state index >= 15 is 0 Å². The molecule has 4 rings (SSSR count). The van der Waals surface area contributed by atoms with Gasteiger partial charge >= 0.3 is 12.1 Å². The Kier molecular flexibility index (Phi) is 8.71. The van der Waals surface area contributed by atoms with E-state index in [0.29, 0.717) is 19.4 Å². The maximum absolute atomic E-state index is 12.9. The van der Waals surface area contributed by atoms with Crippen LogP contribution < -0.4 is 15.4 Å². The number of hydrogen-bond acceptors (Lipinski definition) is 4. The summed E-state index contributed by atoms with van der Waals surface area (Å²) < 4.78 is 28.0. The SMILES string of the molecule is CC(C)NC(=O)N1CCCC(S(=O)(=O)NC(=O)Nc2c3c(cc4c2CCC4)CCC3)C1.[K]. The Hall–Kier alpha value is -0.654. The van der Waals surface area contributed by atoms with Gasteiger partial charge in [-0.15, -0.1) is 0 Å². The van der Waals surface area contributed by atoms with Crippen LogP contribution in [0.1, 0.15) is 61.8 Å². The Balaban J connectivity index is 0.00000289. The molecular weight excluding hydrogens is 455 g/mol. The van der Waals surface area contributed by atoms with Crippen LogP contribution >= 0.6 is 0 Å². The normalized spacial score (nSPS) is 19.7. The van der Waals surface area contributed by atoms with Crippen molar-refractivity contribution in [1.29, 1.82) is 0 Å². The quantitative estimate of drug-likeness (QED) is 0.567. The first-order valence-corrected chi connectivity index (χ1v) is 12.8. The number of benzene rings is 1. The van der Waals surface area contributed by atoms with E-state index in [1.165, 1.54) is 16.0 Å². The van der Waals surface area contributed by atoms with Crippen LogP contribution in [0.15, 0.2) is 6.07 Å². The molecule has 0 spiro atoms. The van der Waals surface area contributed by atoms with Crippen molar-refractivity contribution in [2.24, 2.45) is 0 Å². The third kappa shape index (κ3) is 5.70. The molecule has 2 aliphatic carbocycles. The summed E-state index contributed by atoms with van der Waals surface area (Å²) in [7, 11) is -3.91. The number of hydrogen-bond donors (Lipinski definition) is 3. The molecule has 3 aliphatic rings. The second kappa shape index (κ2) is 10.7. The predicted molar refractivity (Wildman–Crippen MR) is 126 cm³/mol. The van der Waals surface area contributed by atoms with E-state index in [-0.39, 0.29) is 70.0 Å². The van der Waals surface area contributed by atoms with Crippen LogP contribution in [0, 0.1) is 0 Å². The van der Waals surface area contributed by atoms with Crippen molar-refractivity contribution in [3.8, 4) is 0 Å². The summed E-state index contributed by atoms with van der Waals surface area (Å²) >= 11 is 0. The van der Waals surface area contributed by atoms with E-state index in [2.05, 4.69) is 21.4 Å². The van der Waals surface area contributed by atoms with Crippen LogP contribution in [0.5, 0.6) is 0 Å². The van der Waals surface area contributed by atoms with E-state index in [0.717, 1.165) is 55.3 Å². The van der Waals surface area contributed by atoms with Crippen LogP contribution in [0.2, 0.25) is 0 Å². The number of carbonyl (C=O) groups is 2. The third-order valence-electron chi connectivity index (χ3n) is 6.46. The fraction of sp³-hybridized carbons (Fsp3) is 0.636. The summed E-state index contributed by atoms with van der Waals surface area (Å²) in [6.45, 7) is 4.31. The van der Waals surface area contributed by atoms with Gasteiger partial charge in [-0.25, -0.2) is 22.7 Å². The number of rotatable bonds is 4. The molecular formula is C22H32KN4O4S. The molecule has 1 fully saturated rings. The minimum Gasteiger partial charge on any atom is -0.336 e. The Labute approximate surface area is 233 Å². The van der Waals surface area contributed by atoms with Crippen molar-refractivity contribution in [1.82, 2.24) is 14.9 Å². The molecule has 0 saturated carbocycles. The zero-order chi connectivity index (χ0) is 22.2. The van der Waals surface area contributed by atoms with Gasteiger partial charge in [0.05, 0.1) is 5.25 Å². The minimum absolute atomic E-state index is 0. The van der Waals surface area contributed by atoms with E-state index < -0.39 is 21.3 Å². The first kappa shape index (κ1) is 26.0. The summed E-state index contributed by atoms with van der Waals surface area (Å²) in [5.74, 6) is 0. The number of anilines is 1. The van der Waals surface area contributed by atoms with Crippen molar-refractivity contribution < 1.29 is 18.0 Å². The van der Waals surface area contributed by atoms with Gasteiger partial charge in [0.1, 0.15) is 0 Å². The summed E-state index contributed by atoms with van der Waals surface area (Å²) in [4.78, 5) is 26.5. The Morgan fingerprint density at radius 3 is 2.25 bits per heavy atom. The number of urea groups is 2. The molecule has 0 aromatic heterocycles. The molecule has 4 amide bonds. The molecule has 0 bridgehead atoms. The average molecular weight is 488 g/mol. The predicted octanol–water partition coefficient (Wildman–Crippen LogP) is 2.32. The zero-order valence-corrected chi connectivity index (χ0v) is 23.2. The van der Waals surface area contributed by atoms with Crippen molar-refractivity contribution in [2.45, 2.75) is 76.5 Å². The molecule has 171 valence electrons. The molecule has 1 aromatic rings. The first-order valence-electron chi connectivity index (χ1n) is 11.3. The van der Waals surface area contributed by atoms with Gasteiger partial charge in [-0.1, -0.05) is 6.07 Å². The van der Waals surface area contributed by atoms with Crippen LogP contribution in [-0.2, 0) is 35.7 Å². The number of piperidine rings is 1. The molecule has 32 heavy (non-hydrogen) atoms. The van der Waals surface area contributed by atoms with Gasteiger partial charge in [-0.05, 0) is 87.5 Å². The summed E-state index contributed by atoms with van der Waals surface area (Å²) in [5.41, 5.74) is 5.68. The smallest absolute Gasteiger partial charge is 0.332 e. The third-order valence-corrected chi connectivity index (χ3v) is 8.20. The second-order valence-electron chi connectivity index (χ2n) is 9.15. The van der Waals surface area contributed by atoms with Gasteiger partial charge in [0.15, 0.2) is 0 Å². The fourth-order valence-electron chi connectivity index (χ4n) is 5.03. The molecule has 1 heterocycles. The molecule has 1 atom stereocenters. The van der Waals surface area contributed by atoms with Gasteiger partial charge in [0.25, 0.3) is 0 Å². The first-order chi connectivity index (χ1) is 14.7. The molecule has 8 nitrogen and oxygen atoms in total. The number of nitrogens with one attached hydrogen (secondary N) is 3. The number of sulfonamides is 1. The van der Waals surface area contributed by atoms with Gasteiger partial charge < -0.3 is 15.5 Å². The van der Waals surface area contributed by atoms with E-state index in [1.807, 2.05) is 13.8 Å². The minimum atomic E-state index is -3.91. The molecule has 1 aliphatic heterocycles. The largest absolute Gasteiger partial charge is 0.336 e. The summed E-state index contributed by atoms with van der Waals surface area (Å²) in [6, 6.07) is 1.26. The second-order valence-corrected chi connectivity index (χ2v) is 11.1. The molecule has 1 aromatic carbocycles. The van der Waals surface area contributed by atoms with Crippen molar-refractivity contribution in [3.05, 3.63) is 28.3 Å². The maximum Gasteiger partial charge on any atom is 0.332 e. The monoisotopic (exact) mass is 487 g/mol. The van der Waals surface area contributed by atoms with Crippen molar-refractivity contribution in [3.63, 3.8) is 0 Å². The Morgan fingerprint density at radius 1 is 1.03 bits per heavy atom. The molecule has 1 radical (unpaired) electrons. The molecule has 1 saturated heterocycles. The van der Waals surface area contributed by atoms with Gasteiger partial charge in [0.2, 0.25) is 10.0 Å². The van der Waals surface area contributed by atoms with E-state index in [1.54, 1.807) is 0 Å². The standard InChI is InChI=1S/C22H32N4O4S.K/c1-14(2)23-22(28)26-11-5-8-17(13-26)31(29,30)25-21(27)24-20-18-9-3-6-15(18)12-16-7-4-10-19(16)20;/h12,14,17H,3-11,13H2,1-2H3,(H,23,28)(H2,24,25,27);. The Morgan fingerprint density at radius 2 is 1.66 bits per heavy atom. The fourth-order valence-corrected chi connectivity index (χ4v) is 6.36. The number of fused-ring (bicyclic) bond motifs is 2. The van der Waals surface area contributed by atoms with Crippen LogP contribution in [0.25, 0.3) is 0 Å². The van der Waals surface area contributed by atoms with Crippen LogP contribution in [-0.4, -0.2) is 101 Å². The topological polar surface area (TPSA) is 108 Å². The van der Waals surface area contributed by atoms with E-state index in [4.69, 9.17) is 0 Å². The van der Waals surface area contributed by atoms with Crippen LogP contribution in [0.4, 0.5) is 15.3 Å². The Bertz CT molecular complexity index is 964. The number of likely N-dealkylation sites (tertiary alicyclic amines) is 1. The number of nitrogens with zero attached hydrogens (tertiary/aromatic N) is 1. The van der Waals surface area contributed by atoms with Crippen molar-refractivity contribution >= 4 is 79.2 Å². The van der Waals surface area contributed by atoms with Gasteiger partial charge in [-0.3, -0.25) is 0 Å². The van der Waals surface area contributed by atoms with E-state index in [9.17, 15) is 18.0 Å². The van der Waals surface area contributed by atoms with Gasteiger partial charge in [0, 0.05) is 76.2 Å². The van der Waals surface area contributed by atoms with Crippen molar-refractivity contribution in [2.75, 3.05) is 18.4 Å². The number of amides is 4. The number of aryl methyl sites for hydroxylation is 2.